The van der Waals surface area contributed by atoms with E-state index < -0.39 is 0 Å². The van der Waals surface area contributed by atoms with Crippen molar-refractivity contribution in [1.82, 2.24) is 4.90 Å². The highest BCUT2D eigenvalue weighted by molar-refractivity contribution is 7.80. The first kappa shape index (κ1) is 13.9. The fourth-order valence-electron chi connectivity index (χ4n) is 2.74. The Bertz CT molecular complexity index is 217. The SMILES string of the molecule is CCC(CC(N)=S)N(CCO)C1CCCC1. The zero-order valence-electron chi connectivity index (χ0n) is 10.2. The van der Waals surface area contributed by atoms with Gasteiger partial charge >= 0.3 is 0 Å². The number of nitrogens with zero attached hydrogens (tertiary/aromatic N) is 1. The third kappa shape index (κ3) is 4.00. The molecule has 0 saturated heterocycles. The summed E-state index contributed by atoms with van der Waals surface area (Å²) in [5.74, 6) is 0. The fourth-order valence-corrected chi connectivity index (χ4v) is 2.94. The van der Waals surface area contributed by atoms with E-state index in [0.29, 0.717) is 17.1 Å². The highest BCUT2D eigenvalue weighted by atomic mass is 32.1. The van der Waals surface area contributed by atoms with Gasteiger partial charge in [-0.05, 0) is 19.3 Å². The lowest BCUT2D eigenvalue weighted by Crippen LogP contribution is -2.45. The summed E-state index contributed by atoms with van der Waals surface area (Å²) < 4.78 is 0. The van der Waals surface area contributed by atoms with E-state index in [-0.39, 0.29) is 6.61 Å². The maximum Gasteiger partial charge on any atom is 0.0743 e. The number of thiocarbonyl (C=S) groups is 1. The van der Waals surface area contributed by atoms with E-state index in [1.54, 1.807) is 0 Å². The predicted molar refractivity (Wildman–Crippen MR) is 71.5 cm³/mol. The molecule has 0 aliphatic heterocycles. The Labute approximate surface area is 104 Å². The number of aliphatic hydroxyl groups is 1. The summed E-state index contributed by atoms with van der Waals surface area (Å²) in [5.41, 5.74) is 5.64. The van der Waals surface area contributed by atoms with Crippen molar-refractivity contribution in [2.75, 3.05) is 13.2 Å². The predicted octanol–water partition coefficient (Wildman–Crippen LogP) is 1.68. The molecule has 0 spiro atoms. The molecule has 4 heteroatoms. The van der Waals surface area contributed by atoms with E-state index in [1.807, 2.05) is 0 Å². The van der Waals surface area contributed by atoms with Gasteiger partial charge in [0.15, 0.2) is 0 Å². The average molecular weight is 244 g/mol. The molecule has 3 N–H and O–H groups in total. The second-order valence-corrected chi connectivity index (χ2v) is 5.16. The Kier molecular flexibility index (Phi) is 6.24. The van der Waals surface area contributed by atoms with Crippen molar-refractivity contribution in [3.05, 3.63) is 0 Å². The van der Waals surface area contributed by atoms with Crippen molar-refractivity contribution in [2.45, 2.75) is 57.5 Å². The number of nitrogens with two attached hydrogens (primary N) is 1. The Hall–Kier alpha value is -0.190. The van der Waals surface area contributed by atoms with Crippen molar-refractivity contribution < 1.29 is 5.11 Å². The van der Waals surface area contributed by atoms with Crippen LogP contribution < -0.4 is 5.73 Å². The summed E-state index contributed by atoms with van der Waals surface area (Å²) >= 11 is 5.00. The van der Waals surface area contributed by atoms with E-state index in [4.69, 9.17) is 23.1 Å². The fraction of sp³-hybridized carbons (Fsp3) is 0.917. The quantitative estimate of drug-likeness (QED) is 0.669. The third-order valence-corrected chi connectivity index (χ3v) is 3.70. The molecule has 0 radical (unpaired) electrons. The summed E-state index contributed by atoms with van der Waals surface area (Å²) in [6.07, 6.45) is 6.98. The van der Waals surface area contributed by atoms with E-state index in [0.717, 1.165) is 19.4 Å². The van der Waals surface area contributed by atoms with Crippen LogP contribution in [0.4, 0.5) is 0 Å². The summed E-state index contributed by atoms with van der Waals surface area (Å²) in [6, 6.07) is 1.04. The Morgan fingerprint density at radius 2 is 2.12 bits per heavy atom. The minimum Gasteiger partial charge on any atom is -0.395 e. The smallest absolute Gasteiger partial charge is 0.0743 e. The molecule has 1 rings (SSSR count). The Morgan fingerprint density at radius 1 is 1.50 bits per heavy atom. The first-order valence-corrected chi connectivity index (χ1v) is 6.74. The van der Waals surface area contributed by atoms with Crippen molar-refractivity contribution in [3.63, 3.8) is 0 Å². The molecule has 1 aliphatic carbocycles. The van der Waals surface area contributed by atoms with Gasteiger partial charge in [0.05, 0.1) is 11.6 Å². The molecule has 16 heavy (non-hydrogen) atoms. The van der Waals surface area contributed by atoms with Gasteiger partial charge in [-0.1, -0.05) is 32.0 Å². The highest BCUT2D eigenvalue weighted by Gasteiger charge is 2.27. The monoisotopic (exact) mass is 244 g/mol. The molecular weight excluding hydrogens is 220 g/mol. The topological polar surface area (TPSA) is 49.5 Å². The summed E-state index contributed by atoms with van der Waals surface area (Å²) in [4.78, 5) is 3.01. The molecule has 3 nitrogen and oxygen atoms in total. The lowest BCUT2D eigenvalue weighted by molar-refractivity contribution is 0.104. The van der Waals surface area contributed by atoms with Crippen LogP contribution in [0, 0.1) is 0 Å². The van der Waals surface area contributed by atoms with Gasteiger partial charge in [-0.15, -0.1) is 0 Å². The second-order valence-electron chi connectivity index (χ2n) is 4.63. The van der Waals surface area contributed by atoms with Crippen LogP contribution in [0.25, 0.3) is 0 Å². The minimum atomic E-state index is 0.227. The molecule has 0 aromatic heterocycles. The molecular formula is C12H24N2OS. The van der Waals surface area contributed by atoms with Crippen LogP contribution in [0.2, 0.25) is 0 Å². The van der Waals surface area contributed by atoms with E-state index in [1.165, 1.54) is 25.7 Å². The third-order valence-electron chi connectivity index (χ3n) is 3.53. The molecule has 1 unspecified atom stereocenters. The van der Waals surface area contributed by atoms with Gasteiger partial charge < -0.3 is 10.8 Å². The van der Waals surface area contributed by atoms with Crippen LogP contribution in [0.1, 0.15) is 45.4 Å². The largest absolute Gasteiger partial charge is 0.395 e. The van der Waals surface area contributed by atoms with Crippen molar-refractivity contribution in [2.24, 2.45) is 5.73 Å². The molecule has 0 amide bonds. The van der Waals surface area contributed by atoms with E-state index in [9.17, 15) is 0 Å². The van der Waals surface area contributed by atoms with Gasteiger partial charge in [0, 0.05) is 25.0 Å². The molecule has 1 atom stereocenters. The van der Waals surface area contributed by atoms with Gasteiger partial charge in [-0.25, -0.2) is 0 Å². The maximum atomic E-state index is 9.17. The van der Waals surface area contributed by atoms with Gasteiger partial charge in [-0.2, -0.15) is 0 Å². The van der Waals surface area contributed by atoms with Crippen LogP contribution in [-0.2, 0) is 0 Å². The standard InChI is InChI=1S/C12H24N2OS/c1-2-10(9-12(13)16)14(7-8-15)11-5-3-4-6-11/h10-11,15H,2-9H2,1H3,(H2,13,16). The normalized spacial score (nSPS) is 19.2. The Morgan fingerprint density at radius 3 is 2.56 bits per heavy atom. The van der Waals surface area contributed by atoms with Gasteiger partial charge in [0.1, 0.15) is 0 Å². The highest BCUT2D eigenvalue weighted by Crippen LogP contribution is 2.26. The van der Waals surface area contributed by atoms with Gasteiger partial charge in [0.25, 0.3) is 0 Å². The zero-order chi connectivity index (χ0) is 12.0. The zero-order valence-corrected chi connectivity index (χ0v) is 11.0. The number of aliphatic hydroxyl groups excluding tert-OH is 1. The van der Waals surface area contributed by atoms with E-state index >= 15 is 0 Å². The van der Waals surface area contributed by atoms with Crippen molar-refractivity contribution in [3.8, 4) is 0 Å². The summed E-state index contributed by atoms with van der Waals surface area (Å²) in [7, 11) is 0. The average Bonchev–Trinajstić information content (AvgIpc) is 2.76. The molecule has 0 bridgehead atoms. The molecule has 0 aromatic carbocycles. The van der Waals surface area contributed by atoms with Crippen LogP contribution in [0.15, 0.2) is 0 Å². The van der Waals surface area contributed by atoms with Crippen molar-refractivity contribution in [1.29, 1.82) is 0 Å². The maximum absolute atomic E-state index is 9.17. The lowest BCUT2D eigenvalue weighted by atomic mass is 10.1. The Balaban J connectivity index is 2.60. The molecule has 0 heterocycles. The molecule has 0 aromatic rings. The van der Waals surface area contributed by atoms with Crippen LogP contribution >= 0.6 is 12.2 Å². The van der Waals surface area contributed by atoms with Crippen LogP contribution in [0.3, 0.4) is 0 Å². The number of hydrogen-bond donors (Lipinski definition) is 2. The molecule has 94 valence electrons. The molecule has 1 aliphatic rings. The number of hydrogen-bond acceptors (Lipinski definition) is 3. The number of rotatable bonds is 7. The van der Waals surface area contributed by atoms with Crippen LogP contribution in [0.5, 0.6) is 0 Å². The molecule has 1 fully saturated rings. The minimum absolute atomic E-state index is 0.227. The summed E-state index contributed by atoms with van der Waals surface area (Å²) in [5, 5.41) is 9.17. The van der Waals surface area contributed by atoms with E-state index in [2.05, 4.69) is 11.8 Å². The second kappa shape index (κ2) is 7.20. The van der Waals surface area contributed by atoms with Crippen LogP contribution in [-0.4, -0.2) is 40.2 Å². The van der Waals surface area contributed by atoms with Gasteiger partial charge in [-0.3, -0.25) is 4.90 Å². The van der Waals surface area contributed by atoms with Gasteiger partial charge in [0.2, 0.25) is 0 Å². The first-order valence-electron chi connectivity index (χ1n) is 6.34. The molecule has 1 saturated carbocycles. The van der Waals surface area contributed by atoms with Crippen molar-refractivity contribution >= 4 is 17.2 Å². The summed E-state index contributed by atoms with van der Waals surface area (Å²) in [6.45, 7) is 3.15. The lowest BCUT2D eigenvalue weighted by Gasteiger charge is -2.35. The first-order chi connectivity index (χ1) is 7.69.